The number of Topliss-reactive ketones (excluding diaryl/α,β-unsaturated/α-hetero) is 1. The first kappa shape index (κ1) is 10.8. The first-order valence-corrected chi connectivity index (χ1v) is 5.30. The minimum absolute atomic E-state index is 0.216. The molecule has 1 N–H and O–H groups in total. The lowest BCUT2D eigenvalue weighted by Gasteiger charge is -2.23. The van der Waals surface area contributed by atoms with Crippen molar-refractivity contribution >= 4 is 11.4 Å². The number of ketones is 1. The van der Waals surface area contributed by atoms with Gasteiger partial charge in [-0.3, -0.25) is 4.79 Å². The second-order valence-corrected chi connectivity index (χ2v) is 4.04. The fourth-order valence-corrected chi connectivity index (χ4v) is 1.74. The van der Waals surface area contributed by atoms with Gasteiger partial charge in [0.25, 0.3) is 0 Å². The van der Waals surface area contributed by atoms with Crippen LogP contribution >= 0.6 is 0 Å². The molecule has 0 saturated carbocycles. The molecular weight excluding hydrogens is 200 g/mol. The molecule has 0 heterocycles. The summed E-state index contributed by atoms with van der Waals surface area (Å²) in [5.41, 5.74) is 0.842. The lowest BCUT2D eigenvalue weighted by Crippen LogP contribution is -2.35. The maximum Gasteiger partial charge on any atom is 0.165 e. The summed E-state index contributed by atoms with van der Waals surface area (Å²) in [5, 5.41) is 9.93. The number of carbonyl (C=O) groups is 1. The molecule has 0 aromatic heterocycles. The molecule has 0 bridgehead atoms. The van der Waals surface area contributed by atoms with E-state index in [0.29, 0.717) is 6.42 Å². The maximum absolute atomic E-state index is 11.2. The van der Waals surface area contributed by atoms with Crippen molar-refractivity contribution in [2.24, 2.45) is 0 Å². The van der Waals surface area contributed by atoms with Gasteiger partial charge in [-0.25, -0.2) is 0 Å². The van der Waals surface area contributed by atoms with Crippen LogP contribution in [-0.2, 0) is 4.79 Å². The summed E-state index contributed by atoms with van der Waals surface area (Å²) in [6, 6.07) is 9.91. The molecule has 1 atom stereocenters. The number of hydrogen-bond acceptors (Lipinski definition) is 2. The first-order chi connectivity index (χ1) is 7.62. The Morgan fingerprint density at radius 3 is 2.50 bits per heavy atom. The summed E-state index contributed by atoms with van der Waals surface area (Å²) in [4.78, 5) is 11.2. The molecule has 2 nitrogen and oxygen atoms in total. The van der Waals surface area contributed by atoms with E-state index in [1.165, 1.54) is 6.92 Å². The van der Waals surface area contributed by atoms with E-state index in [2.05, 4.69) is 0 Å². The van der Waals surface area contributed by atoms with Gasteiger partial charge in [0.15, 0.2) is 5.78 Å². The average molecular weight is 214 g/mol. The molecule has 1 aromatic carbocycles. The molecule has 0 fully saturated rings. The Kier molecular flexibility index (Phi) is 2.75. The highest BCUT2D eigenvalue weighted by Gasteiger charge is 2.30. The summed E-state index contributed by atoms with van der Waals surface area (Å²) in [6.07, 6.45) is 5.64. The highest BCUT2D eigenvalue weighted by molar-refractivity contribution is 5.90. The van der Waals surface area contributed by atoms with Crippen molar-refractivity contribution in [1.29, 1.82) is 0 Å². The molecule has 0 radical (unpaired) electrons. The van der Waals surface area contributed by atoms with Crippen molar-refractivity contribution in [3.05, 3.63) is 54.1 Å². The number of benzene rings is 1. The van der Waals surface area contributed by atoms with Gasteiger partial charge in [-0.15, -0.1) is 0 Å². The van der Waals surface area contributed by atoms with Gasteiger partial charge in [0.2, 0.25) is 0 Å². The molecule has 1 aliphatic rings. The van der Waals surface area contributed by atoms with Crippen LogP contribution in [0.5, 0.6) is 0 Å². The van der Waals surface area contributed by atoms with Gasteiger partial charge >= 0.3 is 0 Å². The van der Waals surface area contributed by atoms with Gasteiger partial charge in [-0.1, -0.05) is 42.5 Å². The first-order valence-electron chi connectivity index (χ1n) is 5.30. The van der Waals surface area contributed by atoms with Crippen LogP contribution in [0.3, 0.4) is 0 Å². The topological polar surface area (TPSA) is 37.3 Å². The highest BCUT2D eigenvalue weighted by Crippen LogP contribution is 2.27. The summed E-state index contributed by atoms with van der Waals surface area (Å²) >= 11 is 0. The minimum Gasteiger partial charge on any atom is -0.378 e. The summed E-state index contributed by atoms with van der Waals surface area (Å²) in [6.45, 7) is 1.41. The zero-order valence-corrected chi connectivity index (χ0v) is 9.18. The van der Waals surface area contributed by atoms with Crippen molar-refractivity contribution in [1.82, 2.24) is 0 Å². The number of aliphatic hydroxyl groups is 1. The molecule has 2 heteroatoms. The van der Waals surface area contributed by atoms with Gasteiger partial charge in [0.1, 0.15) is 5.60 Å². The van der Waals surface area contributed by atoms with Crippen molar-refractivity contribution in [2.45, 2.75) is 18.9 Å². The molecule has 0 spiro atoms. The van der Waals surface area contributed by atoms with Gasteiger partial charge < -0.3 is 5.11 Å². The number of rotatable bonds is 2. The van der Waals surface area contributed by atoms with Crippen molar-refractivity contribution in [3.8, 4) is 0 Å². The monoisotopic (exact) mass is 214 g/mol. The van der Waals surface area contributed by atoms with E-state index >= 15 is 0 Å². The Labute approximate surface area is 94.9 Å². The van der Waals surface area contributed by atoms with Crippen LogP contribution in [-0.4, -0.2) is 16.5 Å². The standard InChI is InChI=1S/C14H14O2/c1-11(15)14(16)9-7-13(8-10-14)12-5-3-2-4-6-12/h2-9,16H,10H2,1H3. The second-order valence-electron chi connectivity index (χ2n) is 4.04. The Bertz CT molecular complexity index is 457. The van der Waals surface area contributed by atoms with Crippen molar-refractivity contribution in [2.75, 3.05) is 0 Å². The van der Waals surface area contributed by atoms with Crippen LogP contribution < -0.4 is 0 Å². The third-order valence-corrected chi connectivity index (χ3v) is 2.89. The molecular formula is C14H14O2. The zero-order chi connectivity index (χ0) is 11.6. The van der Waals surface area contributed by atoms with E-state index in [0.717, 1.165) is 11.1 Å². The number of hydrogen-bond donors (Lipinski definition) is 1. The van der Waals surface area contributed by atoms with Crippen molar-refractivity contribution in [3.63, 3.8) is 0 Å². The fourth-order valence-electron chi connectivity index (χ4n) is 1.74. The molecule has 0 saturated heterocycles. The van der Waals surface area contributed by atoms with Gasteiger partial charge in [0, 0.05) is 6.42 Å². The predicted molar refractivity (Wildman–Crippen MR) is 63.8 cm³/mol. The van der Waals surface area contributed by atoms with Crippen LogP contribution in [0.1, 0.15) is 18.9 Å². The van der Waals surface area contributed by atoms with Crippen LogP contribution in [0.2, 0.25) is 0 Å². The highest BCUT2D eigenvalue weighted by atomic mass is 16.3. The van der Waals surface area contributed by atoms with Gasteiger partial charge in [0.05, 0.1) is 0 Å². The molecule has 1 aliphatic carbocycles. The molecule has 16 heavy (non-hydrogen) atoms. The largest absolute Gasteiger partial charge is 0.378 e. The van der Waals surface area contributed by atoms with E-state index in [-0.39, 0.29) is 5.78 Å². The Hall–Kier alpha value is -1.67. The van der Waals surface area contributed by atoms with Crippen LogP contribution in [0, 0.1) is 0 Å². The van der Waals surface area contributed by atoms with Crippen LogP contribution in [0.4, 0.5) is 0 Å². The summed E-state index contributed by atoms with van der Waals surface area (Å²) < 4.78 is 0. The molecule has 2 rings (SSSR count). The smallest absolute Gasteiger partial charge is 0.165 e. The van der Waals surface area contributed by atoms with E-state index in [9.17, 15) is 9.90 Å². The zero-order valence-electron chi connectivity index (χ0n) is 9.18. The number of allylic oxidation sites excluding steroid dienone is 2. The van der Waals surface area contributed by atoms with E-state index < -0.39 is 5.60 Å². The summed E-state index contributed by atoms with van der Waals surface area (Å²) in [7, 11) is 0. The summed E-state index contributed by atoms with van der Waals surface area (Å²) in [5.74, 6) is -0.216. The molecule has 0 amide bonds. The molecule has 1 unspecified atom stereocenters. The number of carbonyl (C=O) groups excluding carboxylic acids is 1. The maximum atomic E-state index is 11.2. The van der Waals surface area contributed by atoms with Crippen LogP contribution in [0.25, 0.3) is 5.57 Å². The third-order valence-electron chi connectivity index (χ3n) is 2.89. The molecule has 0 aliphatic heterocycles. The second kappa shape index (κ2) is 4.06. The Morgan fingerprint density at radius 2 is 2.00 bits per heavy atom. The van der Waals surface area contributed by atoms with Crippen LogP contribution in [0.15, 0.2) is 48.6 Å². The minimum atomic E-state index is -1.31. The van der Waals surface area contributed by atoms with E-state index in [4.69, 9.17) is 0 Å². The normalized spacial score (nSPS) is 24.0. The SMILES string of the molecule is CC(=O)C1(O)C=CC(c2ccccc2)=CC1. The van der Waals surface area contributed by atoms with Crippen molar-refractivity contribution < 1.29 is 9.90 Å². The third kappa shape index (κ3) is 1.97. The Balaban J connectivity index is 2.23. The molecule has 1 aromatic rings. The lowest BCUT2D eigenvalue weighted by molar-refractivity contribution is -0.130. The van der Waals surface area contributed by atoms with E-state index in [1.54, 1.807) is 12.2 Å². The predicted octanol–water partition coefficient (Wildman–Crippen LogP) is 2.35. The van der Waals surface area contributed by atoms with Gasteiger partial charge in [-0.05, 0) is 24.1 Å². The van der Waals surface area contributed by atoms with Gasteiger partial charge in [-0.2, -0.15) is 0 Å². The fraction of sp³-hybridized carbons (Fsp3) is 0.214. The Morgan fingerprint density at radius 1 is 1.31 bits per heavy atom. The quantitative estimate of drug-likeness (QED) is 0.820. The average Bonchev–Trinajstić information content (AvgIpc) is 2.31. The van der Waals surface area contributed by atoms with E-state index in [1.807, 2.05) is 36.4 Å². The lowest BCUT2D eigenvalue weighted by atomic mass is 9.87. The molecule has 82 valence electrons.